The van der Waals surface area contributed by atoms with Gasteiger partial charge >= 0.3 is 0 Å². The summed E-state index contributed by atoms with van der Waals surface area (Å²) < 4.78 is 18.3. The largest absolute Gasteiger partial charge is 0.480 e. The van der Waals surface area contributed by atoms with Crippen LogP contribution in [0.2, 0.25) is 0 Å². The van der Waals surface area contributed by atoms with E-state index < -0.39 is 0 Å². The molecule has 3 rings (SSSR count). The van der Waals surface area contributed by atoms with Crippen LogP contribution in [0.5, 0.6) is 5.95 Å². The van der Waals surface area contributed by atoms with Crippen LogP contribution in [0.25, 0.3) is 17.4 Å². The molecule has 1 heterocycles. The third-order valence-corrected chi connectivity index (χ3v) is 4.82. The Labute approximate surface area is 191 Å². The Bertz CT molecular complexity index is 1110. The number of allylic oxidation sites excluding steroid dienone is 1. The average Bonchev–Trinajstić information content (AvgIpc) is 2.84. The van der Waals surface area contributed by atoms with Crippen molar-refractivity contribution in [3.63, 3.8) is 0 Å². The first-order valence-corrected chi connectivity index (χ1v) is 10.6. The summed E-state index contributed by atoms with van der Waals surface area (Å²) in [5.41, 5.74) is 1.69. The monoisotopic (exact) mass is 454 g/mol. The standard InChI is InChI=1S/C25H27NO7/c27-11-14-31-13-10-26(18-32-15-12-28)22-8-6-20-16-21(25(30)33-24(20)17-22)7-9-23(29)19-4-2-1-3-5-19/h1-9,16-17,27-28H,10-15,18H2/p+1/b9-7+. The zero-order valence-corrected chi connectivity index (χ0v) is 18.2. The fourth-order valence-corrected chi connectivity index (χ4v) is 3.15. The zero-order chi connectivity index (χ0) is 23.5. The first-order chi connectivity index (χ1) is 16.1. The fourth-order valence-electron chi connectivity index (χ4n) is 3.15. The summed E-state index contributed by atoms with van der Waals surface area (Å²) in [6, 6.07) is 16.1. The Hall–Kier alpha value is -3.30. The maximum Gasteiger partial charge on any atom is 0.289 e. The zero-order valence-electron chi connectivity index (χ0n) is 18.2. The van der Waals surface area contributed by atoms with E-state index in [2.05, 4.69) is 0 Å². The maximum atomic E-state index is 12.3. The third-order valence-electron chi connectivity index (χ3n) is 4.82. The van der Waals surface area contributed by atoms with E-state index in [0.29, 0.717) is 30.0 Å². The van der Waals surface area contributed by atoms with E-state index in [-0.39, 0.29) is 44.9 Å². The van der Waals surface area contributed by atoms with Crippen LogP contribution in [-0.2, 0) is 9.47 Å². The summed E-state index contributed by atoms with van der Waals surface area (Å²) in [5.74, 6) is -0.0153. The number of carbonyl (C=O) groups is 1. The van der Waals surface area contributed by atoms with Gasteiger partial charge < -0.3 is 29.2 Å². The molecule has 0 fully saturated rings. The van der Waals surface area contributed by atoms with Crippen molar-refractivity contribution < 1.29 is 34.0 Å². The predicted octanol–water partition coefficient (Wildman–Crippen LogP) is 1.73. The van der Waals surface area contributed by atoms with E-state index in [1.165, 1.54) is 12.2 Å². The van der Waals surface area contributed by atoms with Crippen LogP contribution in [0.1, 0.15) is 15.9 Å². The van der Waals surface area contributed by atoms with Crippen molar-refractivity contribution in [1.29, 1.82) is 0 Å². The second-order valence-corrected chi connectivity index (χ2v) is 7.15. The fraction of sp³-hybridized carbons (Fsp3) is 0.280. The Morgan fingerprint density at radius 1 is 0.970 bits per heavy atom. The van der Waals surface area contributed by atoms with Gasteiger partial charge in [0.25, 0.3) is 5.95 Å². The van der Waals surface area contributed by atoms with Gasteiger partial charge in [0.15, 0.2) is 12.3 Å². The minimum Gasteiger partial charge on any atom is -0.480 e. The highest BCUT2D eigenvalue weighted by molar-refractivity contribution is 6.06. The van der Waals surface area contributed by atoms with Crippen molar-refractivity contribution in [2.24, 2.45) is 0 Å². The number of rotatable bonds is 12. The molecule has 1 aromatic rings. The molecule has 0 radical (unpaired) electrons. The molecule has 8 nitrogen and oxygen atoms in total. The molecule has 1 aliphatic carbocycles. The molecular formula is C25H28NO7+. The smallest absolute Gasteiger partial charge is 0.289 e. The van der Waals surface area contributed by atoms with Gasteiger partial charge in [-0.2, -0.15) is 0 Å². The first kappa shape index (κ1) is 24.3. The van der Waals surface area contributed by atoms with Crippen LogP contribution in [0.4, 0.5) is 0 Å². The van der Waals surface area contributed by atoms with E-state index in [1.807, 2.05) is 22.8 Å². The minimum absolute atomic E-state index is 0.0527. The highest BCUT2D eigenvalue weighted by atomic mass is 16.5. The molecule has 1 aliphatic heterocycles. The summed E-state index contributed by atoms with van der Waals surface area (Å²) in [6.45, 7) is 1.40. The number of aliphatic hydroxyl groups is 2. The summed E-state index contributed by atoms with van der Waals surface area (Å²) in [6.07, 6.45) is 2.92. The van der Waals surface area contributed by atoms with Crippen LogP contribution in [-0.4, -0.2) is 67.4 Å². The van der Waals surface area contributed by atoms with Gasteiger partial charge in [0.2, 0.25) is 12.1 Å². The number of nitrogens with zero attached hydrogens (tertiary/aromatic N) is 1. The number of fused-ring (bicyclic) bond motifs is 1. The summed E-state index contributed by atoms with van der Waals surface area (Å²) in [7, 11) is 0. The van der Waals surface area contributed by atoms with Gasteiger partial charge in [-0.25, -0.2) is 4.58 Å². The summed E-state index contributed by atoms with van der Waals surface area (Å²) in [4.78, 5) is 12.3. The van der Waals surface area contributed by atoms with Gasteiger partial charge in [-0.3, -0.25) is 4.79 Å². The lowest BCUT2D eigenvalue weighted by Gasteiger charge is -2.09. The number of aromatic hydroxyl groups is 1. The third kappa shape index (κ3) is 7.10. The molecule has 2 aliphatic rings. The first-order valence-electron chi connectivity index (χ1n) is 10.6. The Kier molecular flexibility index (Phi) is 9.34. The molecule has 0 unspecified atom stereocenters. The number of hydrogen-bond acceptors (Lipinski definition) is 7. The number of ketones is 1. The topological polar surface area (TPSA) is 112 Å². The molecule has 0 saturated carbocycles. The maximum absolute atomic E-state index is 12.3. The number of carbonyl (C=O) groups excluding carboxylic acids is 1. The molecule has 0 amide bonds. The number of ether oxygens (including phenoxy) is 2. The molecule has 3 N–H and O–H groups in total. The quantitative estimate of drug-likeness (QED) is 0.126. The highest BCUT2D eigenvalue weighted by Crippen LogP contribution is 2.29. The normalized spacial score (nSPS) is 12.4. The van der Waals surface area contributed by atoms with E-state index in [4.69, 9.17) is 24.1 Å². The lowest BCUT2D eigenvalue weighted by atomic mass is 10.1. The van der Waals surface area contributed by atoms with E-state index in [1.54, 1.807) is 36.4 Å². The number of hydrogen-bond donors (Lipinski definition) is 3. The lowest BCUT2D eigenvalue weighted by molar-refractivity contribution is 0.0520. The number of aliphatic hydroxyl groups excluding tert-OH is 2. The van der Waals surface area contributed by atoms with E-state index >= 15 is 0 Å². The van der Waals surface area contributed by atoms with Gasteiger partial charge in [-0.05, 0) is 24.3 Å². The van der Waals surface area contributed by atoms with Crippen LogP contribution in [0.15, 0.2) is 65.1 Å². The molecule has 33 heavy (non-hydrogen) atoms. The van der Waals surface area contributed by atoms with Crippen molar-refractivity contribution in [3.05, 3.63) is 77.2 Å². The van der Waals surface area contributed by atoms with Crippen LogP contribution >= 0.6 is 0 Å². The average molecular weight is 454 g/mol. The van der Waals surface area contributed by atoms with Crippen molar-refractivity contribution >= 4 is 11.9 Å². The highest BCUT2D eigenvalue weighted by Gasteiger charge is 2.14. The molecule has 1 aromatic carbocycles. The SMILES string of the molecule is O=C(/C=C/c1cc2ccc(=[N+](CCOCCO)COCCO)cc-2oc1O)c1ccccc1. The minimum atomic E-state index is -0.300. The Morgan fingerprint density at radius 2 is 1.73 bits per heavy atom. The molecule has 0 bridgehead atoms. The second kappa shape index (κ2) is 12.7. The molecule has 8 heteroatoms. The van der Waals surface area contributed by atoms with Gasteiger partial charge in [0, 0.05) is 17.2 Å². The van der Waals surface area contributed by atoms with Gasteiger partial charge in [0.1, 0.15) is 12.4 Å². The summed E-state index contributed by atoms with van der Waals surface area (Å²) in [5, 5.41) is 29.0. The van der Waals surface area contributed by atoms with Crippen LogP contribution in [0.3, 0.4) is 0 Å². The van der Waals surface area contributed by atoms with Crippen LogP contribution in [0, 0.1) is 0 Å². The molecule has 174 valence electrons. The molecule has 0 atom stereocenters. The predicted molar refractivity (Wildman–Crippen MR) is 123 cm³/mol. The molecule has 0 saturated heterocycles. The van der Waals surface area contributed by atoms with Crippen molar-refractivity contribution in [3.8, 4) is 17.3 Å². The number of benzene rings is 2. The van der Waals surface area contributed by atoms with Crippen molar-refractivity contribution in [2.75, 3.05) is 46.3 Å². The van der Waals surface area contributed by atoms with E-state index in [0.717, 1.165) is 10.9 Å². The Balaban J connectivity index is 1.86. The van der Waals surface area contributed by atoms with E-state index in [9.17, 15) is 9.90 Å². The van der Waals surface area contributed by atoms with Gasteiger partial charge in [0.05, 0.1) is 38.1 Å². The molecule has 0 spiro atoms. The van der Waals surface area contributed by atoms with Crippen molar-refractivity contribution in [1.82, 2.24) is 4.58 Å². The Morgan fingerprint density at radius 3 is 2.48 bits per heavy atom. The summed E-state index contributed by atoms with van der Waals surface area (Å²) >= 11 is 0. The van der Waals surface area contributed by atoms with Crippen LogP contribution < -0.4 is 9.93 Å². The van der Waals surface area contributed by atoms with Crippen molar-refractivity contribution in [2.45, 2.75) is 0 Å². The molecule has 0 aromatic heterocycles. The molecular weight excluding hydrogens is 426 g/mol. The second-order valence-electron chi connectivity index (χ2n) is 7.15. The van der Waals surface area contributed by atoms with Gasteiger partial charge in [-0.15, -0.1) is 0 Å². The lowest BCUT2D eigenvalue weighted by Crippen LogP contribution is -2.35. The van der Waals surface area contributed by atoms with Gasteiger partial charge in [-0.1, -0.05) is 30.3 Å².